The molecular formula is C15H19N3S. The lowest BCUT2D eigenvalue weighted by molar-refractivity contribution is 0.267. The van der Waals surface area contributed by atoms with E-state index in [-0.39, 0.29) is 0 Å². The summed E-state index contributed by atoms with van der Waals surface area (Å²) in [5.41, 5.74) is 5.08. The average molecular weight is 273 g/mol. The van der Waals surface area contributed by atoms with Gasteiger partial charge in [-0.25, -0.2) is 0 Å². The summed E-state index contributed by atoms with van der Waals surface area (Å²) in [6.45, 7) is 8.41. The number of nitrogens with zero attached hydrogens (tertiary/aromatic N) is 2. The van der Waals surface area contributed by atoms with Crippen LogP contribution < -0.4 is 0 Å². The second-order valence-electron chi connectivity index (χ2n) is 5.58. The predicted molar refractivity (Wildman–Crippen MR) is 81.6 cm³/mol. The summed E-state index contributed by atoms with van der Waals surface area (Å²) in [5, 5.41) is 0. The topological polar surface area (TPSA) is 24.0 Å². The molecule has 0 bridgehead atoms. The van der Waals surface area contributed by atoms with Crippen LogP contribution in [0.2, 0.25) is 0 Å². The van der Waals surface area contributed by atoms with E-state index in [2.05, 4.69) is 59.6 Å². The maximum Gasteiger partial charge on any atom is 0.178 e. The number of nitrogens with one attached hydrogen (secondary N) is 1. The molecular weight excluding hydrogens is 254 g/mol. The minimum Gasteiger partial charge on any atom is -0.369 e. The van der Waals surface area contributed by atoms with Crippen molar-refractivity contribution in [2.24, 2.45) is 0 Å². The molecule has 1 N–H and O–H groups in total. The second-order valence-corrected chi connectivity index (χ2v) is 5.97. The average Bonchev–Trinajstić information content (AvgIpc) is 2.57. The standard InChI is InChI=1S/C15H19N3S/c1-10(2)7-17-9-12-5-4-6-13-14(12)18(8-11(17)3)15(19)16-13/h4-7,11H,8-9H2,1-3H3,(H,16,19)/t11-/m0/s1. The number of H-pyrrole nitrogens is 1. The van der Waals surface area contributed by atoms with Crippen LogP contribution in [-0.2, 0) is 13.1 Å². The van der Waals surface area contributed by atoms with E-state index in [1.54, 1.807) is 0 Å². The molecule has 3 rings (SSSR count). The fourth-order valence-electron chi connectivity index (χ4n) is 2.82. The maximum atomic E-state index is 5.46. The normalized spacial score (nSPS) is 18.5. The van der Waals surface area contributed by atoms with Gasteiger partial charge in [-0.3, -0.25) is 0 Å². The summed E-state index contributed by atoms with van der Waals surface area (Å²) < 4.78 is 3.07. The van der Waals surface area contributed by atoms with Gasteiger partial charge >= 0.3 is 0 Å². The van der Waals surface area contributed by atoms with Crippen LogP contribution in [0.25, 0.3) is 11.0 Å². The van der Waals surface area contributed by atoms with E-state index in [0.717, 1.165) is 23.4 Å². The molecule has 0 radical (unpaired) electrons. The van der Waals surface area contributed by atoms with Crippen LogP contribution in [0.3, 0.4) is 0 Å². The van der Waals surface area contributed by atoms with Crippen LogP contribution in [0.4, 0.5) is 0 Å². The number of allylic oxidation sites excluding steroid dienone is 1. The molecule has 4 heteroatoms. The highest BCUT2D eigenvalue weighted by atomic mass is 32.1. The van der Waals surface area contributed by atoms with E-state index in [1.807, 2.05) is 0 Å². The Hall–Kier alpha value is -1.55. The smallest absolute Gasteiger partial charge is 0.178 e. The van der Waals surface area contributed by atoms with Crippen LogP contribution in [0, 0.1) is 4.77 Å². The SMILES string of the molecule is CC(C)=CN1Cc2cccc3[nH]c(=S)n(c23)C[C@@H]1C. The first-order valence-electron chi connectivity index (χ1n) is 6.67. The largest absolute Gasteiger partial charge is 0.369 e. The quantitative estimate of drug-likeness (QED) is 0.798. The Kier molecular flexibility index (Phi) is 2.97. The molecule has 0 saturated heterocycles. The number of aromatic amines is 1. The molecule has 100 valence electrons. The first-order chi connectivity index (χ1) is 9.06. The molecule has 3 nitrogen and oxygen atoms in total. The van der Waals surface area contributed by atoms with Crippen molar-refractivity contribution >= 4 is 23.3 Å². The van der Waals surface area contributed by atoms with Gasteiger partial charge < -0.3 is 14.5 Å². The molecule has 1 aromatic carbocycles. The number of hydrogen-bond donors (Lipinski definition) is 1. The van der Waals surface area contributed by atoms with Gasteiger partial charge in [-0.05, 0) is 50.8 Å². The van der Waals surface area contributed by atoms with Gasteiger partial charge in [0.25, 0.3) is 0 Å². The van der Waals surface area contributed by atoms with Crippen LogP contribution in [0.1, 0.15) is 26.3 Å². The predicted octanol–water partition coefficient (Wildman–Crippen LogP) is 3.83. The molecule has 1 atom stereocenters. The Labute approximate surface area is 118 Å². The third-order valence-electron chi connectivity index (χ3n) is 3.67. The second kappa shape index (κ2) is 4.53. The van der Waals surface area contributed by atoms with Gasteiger partial charge in [0.05, 0.1) is 11.0 Å². The van der Waals surface area contributed by atoms with E-state index in [9.17, 15) is 0 Å². The lowest BCUT2D eigenvalue weighted by Gasteiger charge is -2.26. The minimum absolute atomic E-state index is 0.438. The van der Waals surface area contributed by atoms with Crippen molar-refractivity contribution in [3.63, 3.8) is 0 Å². The Balaban J connectivity index is 2.19. The maximum absolute atomic E-state index is 5.46. The Morgan fingerprint density at radius 2 is 2.21 bits per heavy atom. The molecule has 0 aliphatic carbocycles. The summed E-state index contributed by atoms with van der Waals surface area (Å²) in [5.74, 6) is 0. The van der Waals surface area contributed by atoms with Gasteiger partial charge in [-0.15, -0.1) is 0 Å². The zero-order chi connectivity index (χ0) is 13.6. The van der Waals surface area contributed by atoms with Crippen molar-refractivity contribution in [1.29, 1.82) is 0 Å². The van der Waals surface area contributed by atoms with Crippen LogP contribution >= 0.6 is 12.2 Å². The van der Waals surface area contributed by atoms with Crippen LogP contribution in [-0.4, -0.2) is 20.5 Å². The van der Waals surface area contributed by atoms with Crippen LogP contribution in [0.5, 0.6) is 0 Å². The van der Waals surface area contributed by atoms with E-state index in [4.69, 9.17) is 12.2 Å². The van der Waals surface area contributed by atoms with Gasteiger partial charge in [0, 0.05) is 19.1 Å². The van der Waals surface area contributed by atoms with Gasteiger partial charge in [-0.2, -0.15) is 0 Å². The van der Waals surface area contributed by atoms with Crippen molar-refractivity contribution < 1.29 is 0 Å². The highest BCUT2D eigenvalue weighted by Gasteiger charge is 2.20. The van der Waals surface area contributed by atoms with E-state index in [0.29, 0.717) is 6.04 Å². The molecule has 2 aromatic rings. The highest BCUT2D eigenvalue weighted by Crippen LogP contribution is 2.26. The Bertz CT molecular complexity index is 704. The summed E-state index contributed by atoms with van der Waals surface area (Å²) in [6, 6.07) is 6.84. The van der Waals surface area contributed by atoms with Crippen molar-refractivity contribution in [1.82, 2.24) is 14.5 Å². The molecule has 1 aliphatic heterocycles. The number of imidazole rings is 1. The van der Waals surface area contributed by atoms with Gasteiger partial charge in [0.1, 0.15) is 0 Å². The van der Waals surface area contributed by atoms with Crippen molar-refractivity contribution in [2.45, 2.75) is 39.9 Å². The Morgan fingerprint density at radius 3 is 2.95 bits per heavy atom. The third-order valence-corrected chi connectivity index (χ3v) is 3.99. The Morgan fingerprint density at radius 1 is 1.42 bits per heavy atom. The number of para-hydroxylation sites is 1. The van der Waals surface area contributed by atoms with Crippen LogP contribution in [0.15, 0.2) is 30.0 Å². The lowest BCUT2D eigenvalue weighted by Crippen LogP contribution is -2.29. The monoisotopic (exact) mass is 273 g/mol. The van der Waals surface area contributed by atoms with Gasteiger partial charge in [0.15, 0.2) is 4.77 Å². The molecule has 2 heterocycles. The summed E-state index contributed by atoms with van der Waals surface area (Å²) in [4.78, 5) is 5.72. The minimum atomic E-state index is 0.438. The molecule has 0 amide bonds. The molecule has 0 fully saturated rings. The number of hydrogen-bond acceptors (Lipinski definition) is 2. The fourth-order valence-corrected chi connectivity index (χ4v) is 3.10. The molecule has 19 heavy (non-hydrogen) atoms. The van der Waals surface area contributed by atoms with Crippen molar-refractivity contribution in [3.05, 3.63) is 40.3 Å². The summed E-state index contributed by atoms with van der Waals surface area (Å²) >= 11 is 5.46. The summed E-state index contributed by atoms with van der Waals surface area (Å²) in [7, 11) is 0. The first-order valence-corrected chi connectivity index (χ1v) is 7.08. The van der Waals surface area contributed by atoms with Crippen molar-refractivity contribution in [2.75, 3.05) is 0 Å². The zero-order valence-corrected chi connectivity index (χ0v) is 12.4. The summed E-state index contributed by atoms with van der Waals surface area (Å²) in [6.07, 6.45) is 2.25. The molecule has 1 aliphatic rings. The highest BCUT2D eigenvalue weighted by molar-refractivity contribution is 7.71. The lowest BCUT2D eigenvalue weighted by atomic mass is 10.1. The molecule has 1 aromatic heterocycles. The zero-order valence-electron chi connectivity index (χ0n) is 11.6. The first kappa shape index (κ1) is 12.5. The number of aromatic nitrogens is 2. The van der Waals surface area contributed by atoms with Gasteiger partial charge in [0.2, 0.25) is 0 Å². The number of benzene rings is 1. The molecule has 0 spiro atoms. The third kappa shape index (κ3) is 2.10. The van der Waals surface area contributed by atoms with E-state index < -0.39 is 0 Å². The molecule has 0 unspecified atom stereocenters. The fraction of sp³-hybridized carbons (Fsp3) is 0.400. The van der Waals surface area contributed by atoms with Crippen molar-refractivity contribution in [3.8, 4) is 0 Å². The number of rotatable bonds is 1. The van der Waals surface area contributed by atoms with E-state index >= 15 is 0 Å². The van der Waals surface area contributed by atoms with Gasteiger partial charge in [-0.1, -0.05) is 17.7 Å². The van der Waals surface area contributed by atoms with E-state index in [1.165, 1.54) is 16.7 Å². The molecule has 0 saturated carbocycles.